The van der Waals surface area contributed by atoms with Crippen LogP contribution in [0.25, 0.3) is 0 Å². The molecule has 1 atom stereocenters. The van der Waals surface area contributed by atoms with E-state index < -0.39 is 11.6 Å². The minimum Gasteiger partial charge on any atom is -0.487 e. The lowest BCUT2D eigenvalue weighted by Crippen LogP contribution is -2.28. The maximum atomic E-state index is 13.7. The van der Waals surface area contributed by atoms with Gasteiger partial charge in [-0.1, -0.05) is 40.5 Å². The molecular weight excluding hydrogens is 258 g/mol. The van der Waals surface area contributed by atoms with Gasteiger partial charge in [-0.3, -0.25) is 0 Å². The highest BCUT2D eigenvalue weighted by Gasteiger charge is 2.27. The van der Waals surface area contributed by atoms with Crippen molar-refractivity contribution < 1.29 is 13.5 Å². The van der Waals surface area contributed by atoms with Gasteiger partial charge in [0.1, 0.15) is 6.10 Å². The zero-order chi connectivity index (χ0) is 15.3. The molecule has 114 valence electrons. The molecule has 0 saturated heterocycles. The second kappa shape index (κ2) is 7.61. The minimum absolute atomic E-state index is 0.0101. The van der Waals surface area contributed by atoms with Crippen molar-refractivity contribution in [3.05, 3.63) is 28.8 Å². The van der Waals surface area contributed by atoms with Crippen LogP contribution >= 0.6 is 0 Å². The van der Waals surface area contributed by atoms with E-state index in [0.717, 1.165) is 18.4 Å². The molecule has 0 aromatic heterocycles. The molecule has 1 heterocycles. The Kier molecular flexibility index (Phi) is 6.44. The van der Waals surface area contributed by atoms with Crippen molar-refractivity contribution in [1.29, 1.82) is 0 Å². The summed E-state index contributed by atoms with van der Waals surface area (Å²) in [5.74, 6) is -1.19. The Labute approximate surface area is 121 Å². The van der Waals surface area contributed by atoms with Gasteiger partial charge >= 0.3 is 0 Å². The summed E-state index contributed by atoms with van der Waals surface area (Å²) in [5.41, 5.74) is 1.14. The fourth-order valence-electron chi connectivity index (χ4n) is 2.09. The van der Waals surface area contributed by atoms with E-state index >= 15 is 0 Å². The van der Waals surface area contributed by atoms with Gasteiger partial charge in [0, 0.05) is 0 Å². The molecule has 20 heavy (non-hydrogen) atoms. The number of rotatable bonds is 2. The van der Waals surface area contributed by atoms with E-state index in [1.807, 2.05) is 13.8 Å². The van der Waals surface area contributed by atoms with E-state index in [9.17, 15) is 8.78 Å². The summed E-state index contributed by atoms with van der Waals surface area (Å²) in [4.78, 5) is 0. The SMILES string of the molecule is CCCC.Cc1cc2c(c(F)c1F)OC(C(C)C)CC2. The van der Waals surface area contributed by atoms with Crippen LogP contribution in [0.4, 0.5) is 8.78 Å². The number of fused-ring (bicyclic) bond motifs is 1. The zero-order valence-corrected chi connectivity index (χ0v) is 13.2. The molecule has 0 amide bonds. The van der Waals surface area contributed by atoms with Crippen molar-refractivity contribution >= 4 is 0 Å². The van der Waals surface area contributed by atoms with Gasteiger partial charge in [-0.2, -0.15) is 4.39 Å². The maximum Gasteiger partial charge on any atom is 0.201 e. The molecule has 0 aliphatic carbocycles. The molecule has 0 radical (unpaired) electrons. The highest BCUT2D eigenvalue weighted by atomic mass is 19.2. The van der Waals surface area contributed by atoms with Crippen molar-refractivity contribution in [1.82, 2.24) is 0 Å². The molecule has 0 spiro atoms. The average Bonchev–Trinajstić information content (AvgIpc) is 2.44. The molecule has 1 nitrogen and oxygen atoms in total. The summed E-state index contributed by atoms with van der Waals surface area (Å²) >= 11 is 0. The summed E-state index contributed by atoms with van der Waals surface area (Å²) in [5, 5.41) is 0. The van der Waals surface area contributed by atoms with Gasteiger partial charge in [0.15, 0.2) is 11.6 Å². The largest absolute Gasteiger partial charge is 0.487 e. The lowest BCUT2D eigenvalue weighted by Gasteiger charge is -2.29. The van der Waals surface area contributed by atoms with Crippen molar-refractivity contribution in [3.8, 4) is 5.75 Å². The van der Waals surface area contributed by atoms with E-state index in [1.165, 1.54) is 12.8 Å². The third kappa shape index (κ3) is 3.94. The predicted molar refractivity (Wildman–Crippen MR) is 79.3 cm³/mol. The highest BCUT2D eigenvalue weighted by Crippen LogP contribution is 2.35. The Morgan fingerprint density at radius 3 is 2.30 bits per heavy atom. The van der Waals surface area contributed by atoms with Crippen LogP contribution in [0.1, 0.15) is 58.1 Å². The maximum absolute atomic E-state index is 13.7. The van der Waals surface area contributed by atoms with Crippen LogP contribution < -0.4 is 4.74 Å². The van der Waals surface area contributed by atoms with Gasteiger partial charge in [-0.15, -0.1) is 0 Å². The van der Waals surface area contributed by atoms with Crippen LogP contribution in [-0.4, -0.2) is 6.10 Å². The summed E-state index contributed by atoms with van der Waals surface area (Å²) in [7, 11) is 0. The first-order valence-corrected chi connectivity index (χ1v) is 7.56. The molecule has 0 fully saturated rings. The van der Waals surface area contributed by atoms with E-state index in [2.05, 4.69) is 13.8 Å². The molecule has 1 aliphatic rings. The Hall–Kier alpha value is -1.12. The van der Waals surface area contributed by atoms with Gasteiger partial charge < -0.3 is 4.74 Å². The topological polar surface area (TPSA) is 9.23 Å². The van der Waals surface area contributed by atoms with Crippen LogP contribution in [0.15, 0.2) is 6.07 Å². The third-order valence-electron chi connectivity index (χ3n) is 3.63. The molecule has 1 aromatic rings. The second-order valence-electron chi connectivity index (χ2n) is 5.75. The fourth-order valence-corrected chi connectivity index (χ4v) is 2.09. The van der Waals surface area contributed by atoms with Crippen LogP contribution in [0.5, 0.6) is 5.75 Å². The molecular formula is C17H26F2O. The first-order valence-electron chi connectivity index (χ1n) is 7.56. The summed E-state index contributed by atoms with van der Waals surface area (Å²) in [6.07, 6.45) is 4.26. The predicted octanol–water partition coefficient (Wildman–Crippen LogP) is 5.43. The van der Waals surface area contributed by atoms with E-state index in [1.54, 1.807) is 13.0 Å². The van der Waals surface area contributed by atoms with Gasteiger partial charge in [0.25, 0.3) is 0 Å². The molecule has 0 bridgehead atoms. The minimum atomic E-state index is -0.833. The Bertz CT molecular complexity index is 439. The number of hydrogen-bond acceptors (Lipinski definition) is 1. The number of hydrogen-bond donors (Lipinski definition) is 0. The van der Waals surface area contributed by atoms with Crippen molar-refractivity contribution in [3.63, 3.8) is 0 Å². The molecule has 0 saturated carbocycles. The monoisotopic (exact) mass is 284 g/mol. The first-order chi connectivity index (χ1) is 9.42. The summed E-state index contributed by atoms with van der Waals surface area (Å²) < 4.78 is 32.6. The van der Waals surface area contributed by atoms with Crippen molar-refractivity contribution in [2.45, 2.75) is 66.4 Å². The average molecular weight is 284 g/mol. The van der Waals surface area contributed by atoms with Crippen LogP contribution in [0.2, 0.25) is 0 Å². The Balaban J connectivity index is 0.000000444. The van der Waals surface area contributed by atoms with Crippen molar-refractivity contribution in [2.75, 3.05) is 0 Å². The normalized spacial score (nSPS) is 17.1. The Morgan fingerprint density at radius 2 is 1.80 bits per heavy atom. The first kappa shape index (κ1) is 16.9. The van der Waals surface area contributed by atoms with Gasteiger partial charge in [0.05, 0.1) is 0 Å². The van der Waals surface area contributed by atoms with Gasteiger partial charge in [-0.25, -0.2) is 4.39 Å². The van der Waals surface area contributed by atoms with Crippen LogP contribution in [0.3, 0.4) is 0 Å². The lowest BCUT2D eigenvalue weighted by molar-refractivity contribution is 0.119. The van der Waals surface area contributed by atoms with E-state index in [0.29, 0.717) is 11.5 Å². The standard InChI is InChI=1S/C13H16F2O.C4H10/c1-7(2)10-5-4-9-6-8(3)11(14)12(15)13(9)16-10;1-3-4-2/h6-7,10H,4-5H2,1-3H3;3-4H2,1-2H3. The van der Waals surface area contributed by atoms with E-state index in [-0.39, 0.29) is 11.9 Å². The summed E-state index contributed by atoms with van der Waals surface area (Å²) in [6, 6.07) is 1.68. The van der Waals surface area contributed by atoms with E-state index in [4.69, 9.17) is 4.74 Å². The smallest absolute Gasteiger partial charge is 0.201 e. The number of unbranched alkanes of at least 4 members (excludes halogenated alkanes) is 1. The van der Waals surface area contributed by atoms with Crippen LogP contribution in [-0.2, 0) is 6.42 Å². The molecule has 0 N–H and O–H groups in total. The number of halogens is 2. The molecule has 1 unspecified atom stereocenters. The number of ether oxygens (including phenoxy) is 1. The third-order valence-corrected chi connectivity index (χ3v) is 3.63. The molecule has 1 aromatic carbocycles. The number of benzene rings is 1. The fraction of sp³-hybridized carbons (Fsp3) is 0.647. The van der Waals surface area contributed by atoms with Gasteiger partial charge in [-0.05, 0) is 42.9 Å². The van der Waals surface area contributed by atoms with Gasteiger partial charge in [0.2, 0.25) is 5.82 Å². The summed E-state index contributed by atoms with van der Waals surface area (Å²) in [6.45, 7) is 9.99. The van der Waals surface area contributed by atoms with Crippen molar-refractivity contribution in [2.24, 2.45) is 5.92 Å². The second-order valence-corrected chi connectivity index (χ2v) is 5.75. The molecule has 1 aliphatic heterocycles. The molecule has 2 rings (SSSR count). The number of aryl methyl sites for hydroxylation is 2. The zero-order valence-electron chi connectivity index (χ0n) is 13.2. The highest BCUT2D eigenvalue weighted by molar-refractivity contribution is 5.41. The Morgan fingerprint density at radius 1 is 1.20 bits per heavy atom. The molecule has 3 heteroatoms. The van der Waals surface area contributed by atoms with Crippen LogP contribution in [0, 0.1) is 24.5 Å². The quantitative estimate of drug-likeness (QED) is 0.703. The lowest BCUT2D eigenvalue weighted by atomic mass is 9.94.